The van der Waals surface area contributed by atoms with Crippen molar-refractivity contribution in [2.24, 2.45) is 0 Å². The molecule has 0 aliphatic rings. The van der Waals surface area contributed by atoms with E-state index >= 15 is 0 Å². The molecule has 0 radical (unpaired) electrons. The summed E-state index contributed by atoms with van der Waals surface area (Å²) in [4.78, 5) is 29.2. The van der Waals surface area contributed by atoms with Gasteiger partial charge < -0.3 is 4.57 Å². The molecule has 0 spiro atoms. The van der Waals surface area contributed by atoms with E-state index in [1.807, 2.05) is 84.9 Å². The van der Waals surface area contributed by atoms with Crippen LogP contribution < -0.4 is 0 Å². The van der Waals surface area contributed by atoms with Crippen LogP contribution in [0.15, 0.2) is 212 Å². The van der Waals surface area contributed by atoms with Crippen LogP contribution in [0.25, 0.3) is 107 Å². The molecule has 11 aromatic rings. The Morgan fingerprint density at radius 3 is 1.33 bits per heavy atom. The van der Waals surface area contributed by atoms with Gasteiger partial charge in [0.25, 0.3) is 0 Å². The van der Waals surface area contributed by atoms with Gasteiger partial charge in [0, 0.05) is 44.2 Å². The Kier molecular flexibility index (Phi) is 6.70. The third kappa shape index (κ3) is 6.80. The maximum atomic E-state index is 8.98. The van der Waals surface area contributed by atoms with Gasteiger partial charge >= 0.3 is 0 Å². The number of aromatic nitrogens is 7. The van der Waals surface area contributed by atoms with Gasteiger partial charge in [0.05, 0.1) is 30.4 Å². The summed E-state index contributed by atoms with van der Waals surface area (Å²) in [5.74, 6) is 0.196. The predicted octanol–water partition coefficient (Wildman–Crippen LogP) is 12.8. The van der Waals surface area contributed by atoms with E-state index in [4.69, 9.17) is 38.6 Å². The minimum absolute atomic E-state index is 0.0764. The lowest BCUT2D eigenvalue weighted by Gasteiger charge is -2.16. The molecule has 8 aromatic carbocycles. The second-order valence-electron chi connectivity index (χ2n) is 14.0. The molecule has 0 unspecified atom stereocenters. The monoisotopic (exact) mass is 791 g/mol. The topological polar surface area (TPSA) is 82.3 Å². The predicted molar refractivity (Wildman–Crippen MR) is 246 cm³/mol. The highest BCUT2D eigenvalue weighted by molar-refractivity contribution is 6.11. The maximum absolute atomic E-state index is 8.98. The first-order valence-electron chi connectivity index (χ1n) is 24.4. The van der Waals surface area contributed by atoms with Crippen molar-refractivity contribution >= 4 is 21.8 Å². The highest BCUT2D eigenvalue weighted by Crippen LogP contribution is 2.39. The van der Waals surface area contributed by atoms with Gasteiger partial charge in [0.2, 0.25) is 0 Å². The van der Waals surface area contributed by atoms with Crippen LogP contribution in [0.1, 0.15) is 13.7 Å². The molecule has 0 aliphatic heterocycles. The highest BCUT2D eigenvalue weighted by atomic mass is 15.1. The lowest BCUT2D eigenvalue weighted by molar-refractivity contribution is 1.06. The van der Waals surface area contributed by atoms with E-state index in [0.717, 1.165) is 32.9 Å². The molecule has 61 heavy (non-hydrogen) atoms. The van der Waals surface area contributed by atoms with Crippen LogP contribution in [0, 0.1) is 0 Å². The standard InChI is InChI=1S/C54H35N7/c1-6-18-36(19-7-1)41-30-32-47-44(34-41)43-28-16-17-29-46(43)61(47)48-33-31-42(53-57-49(37-20-8-2-9-21-37)55-50(58-53)38-22-10-3-11-23-38)35-45(48)54-59-51(39-24-12-4-13-25-39)56-52(60-54)40-26-14-5-15-27-40/h1-35H/i2D,4D,8D,9D,12D,13D,20D,21D,24D,25D. The SMILES string of the molecule is [2H]c1c([2H])c([2H])c(-c2nc(-c3ccccc3)nc(-c3ccc(-n4c5ccccc5c5cc(-c6ccccc6)ccc54)c(-c4nc(-c5ccccc5)nc(-c5c([2H])c([2H])c([2H])c([2H])c5[2H])n4)c3)n2)c([2H])c1[2H]. The van der Waals surface area contributed by atoms with E-state index in [-0.39, 0.29) is 46.1 Å². The molecule has 7 nitrogen and oxygen atoms in total. The van der Waals surface area contributed by atoms with Crippen LogP contribution in [-0.4, -0.2) is 34.5 Å². The molecule has 0 fully saturated rings. The number of hydrogen-bond acceptors (Lipinski definition) is 6. The number of benzene rings is 8. The molecular weight excluding hydrogens is 747 g/mol. The molecule has 3 aromatic heterocycles. The molecule has 11 rings (SSSR count). The zero-order valence-electron chi connectivity index (χ0n) is 42.1. The summed E-state index contributed by atoms with van der Waals surface area (Å²) in [7, 11) is 0. The fourth-order valence-electron chi connectivity index (χ4n) is 7.47. The summed E-state index contributed by atoms with van der Waals surface area (Å²) in [6.07, 6.45) is 0. The van der Waals surface area contributed by atoms with Crippen LogP contribution in [0.3, 0.4) is 0 Å². The average Bonchev–Trinajstić information content (AvgIpc) is 3.74. The van der Waals surface area contributed by atoms with Crippen molar-refractivity contribution in [1.82, 2.24) is 34.5 Å². The summed E-state index contributed by atoms with van der Waals surface area (Å²) in [5, 5.41) is 1.93. The molecule has 0 N–H and O–H groups in total. The number of hydrogen-bond donors (Lipinski definition) is 0. The molecule has 3 heterocycles. The van der Waals surface area contributed by atoms with Gasteiger partial charge in [0.1, 0.15) is 0 Å². The van der Waals surface area contributed by atoms with Crippen molar-refractivity contribution in [2.75, 3.05) is 0 Å². The first-order valence-corrected chi connectivity index (χ1v) is 19.4. The molecule has 0 atom stereocenters. The molecule has 0 amide bonds. The maximum Gasteiger partial charge on any atom is 0.166 e. The summed E-state index contributed by atoms with van der Waals surface area (Å²) in [6.45, 7) is 0. The summed E-state index contributed by atoms with van der Waals surface area (Å²) in [5.41, 5.74) is 5.87. The van der Waals surface area contributed by atoms with Crippen molar-refractivity contribution in [3.63, 3.8) is 0 Å². The Morgan fingerprint density at radius 1 is 0.311 bits per heavy atom. The molecule has 286 valence electrons. The van der Waals surface area contributed by atoms with Gasteiger partial charge in [-0.3, -0.25) is 0 Å². The second kappa shape index (κ2) is 15.4. The van der Waals surface area contributed by atoms with Crippen LogP contribution in [-0.2, 0) is 0 Å². The van der Waals surface area contributed by atoms with Crippen molar-refractivity contribution in [2.45, 2.75) is 0 Å². The van der Waals surface area contributed by atoms with Crippen molar-refractivity contribution < 1.29 is 13.7 Å². The largest absolute Gasteiger partial charge is 0.309 e. The van der Waals surface area contributed by atoms with Crippen LogP contribution in [0.2, 0.25) is 0 Å². The normalized spacial score (nSPS) is 13.6. The second-order valence-corrected chi connectivity index (χ2v) is 14.0. The van der Waals surface area contributed by atoms with Gasteiger partial charge in [-0.15, -0.1) is 0 Å². The van der Waals surface area contributed by atoms with Crippen molar-refractivity contribution in [1.29, 1.82) is 0 Å². The highest BCUT2D eigenvalue weighted by Gasteiger charge is 2.22. The van der Waals surface area contributed by atoms with Gasteiger partial charge in [-0.25, -0.2) is 29.9 Å². The molecule has 0 saturated carbocycles. The van der Waals surface area contributed by atoms with E-state index in [0.29, 0.717) is 27.9 Å². The summed E-state index contributed by atoms with van der Waals surface area (Å²) >= 11 is 0. The van der Waals surface area contributed by atoms with Crippen molar-refractivity contribution in [3.8, 4) is 85.1 Å². The molecule has 0 saturated heterocycles. The van der Waals surface area contributed by atoms with E-state index in [2.05, 4.69) is 45.9 Å². The van der Waals surface area contributed by atoms with Crippen molar-refractivity contribution in [3.05, 3.63) is 212 Å². The zero-order valence-corrected chi connectivity index (χ0v) is 32.1. The number of rotatable bonds is 8. The third-order valence-electron chi connectivity index (χ3n) is 10.3. The Balaban J connectivity index is 1.24. The fraction of sp³-hybridized carbons (Fsp3) is 0. The van der Waals surface area contributed by atoms with Gasteiger partial charge in [0.15, 0.2) is 34.9 Å². The van der Waals surface area contributed by atoms with Gasteiger partial charge in [-0.1, -0.05) is 176 Å². The molecular formula is C54H35N7. The van der Waals surface area contributed by atoms with E-state index in [1.165, 1.54) is 0 Å². The van der Waals surface area contributed by atoms with E-state index < -0.39 is 60.4 Å². The lowest BCUT2D eigenvalue weighted by atomic mass is 10.0. The Bertz CT molecular complexity index is 3890. The van der Waals surface area contributed by atoms with Gasteiger partial charge in [-0.05, 0) is 47.5 Å². The molecule has 0 aliphatic carbocycles. The lowest BCUT2D eigenvalue weighted by Crippen LogP contribution is -2.05. The Hall–Kier alpha value is -8.42. The van der Waals surface area contributed by atoms with E-state index in [9.17, 15) is 0 Å². The minimum atomic E-state index is -0.562. The van der Waals surface area contributed by atoms with Crippen LogP contribution >= 0.6 is 0 Å². The van der Waals surface area contributed by atoms with Gasteiger partial charge in [-0.2, -0.15) is 0 Å². The molecule has 7 heteroatoms. The third-order valence-corrected chi connectivity index (χ3v) is 10.3. The fourth-order valence-corrected chi connectivity index (χ4v) is 7.47. The number of nitrogens with zero attached hydrogens (tertiary/aromatic N) is 7. The first kappa shape index (κ1) is 26.6. The number of fused-ring (bicyclic) bond motifs is 3. The summed E-state index contributed by atoms with van der Waals surface area (Å²) in [6, 6.07) is 42.7. The smallest absolute Gasteiger partial charge is 0.166 e. The zero-order chi connectivity index (χ0) is 49.2. The van der Waals surface area contributed by atoms with E-state index in [1.54, 1.807) is 30.3 Å². The Labute approximate surface area is 366 Å². The average molecular weight is 792 g/mol. The summed E-state index contributed by atoms with van der Waals surface area (Å²) < 4.78 is 88.4. The van der Waals surface area contributed by atoms with Crippen LogP contribution in [0.4, 0.5) is 0 Å². The minimum Gasteiger partial charge on any atom is -0.309 e. The first-order chi connectivity index (χ1) is 34.4. The van der Waals surface area contributed by atoms with Crippen LogP contribution in [0.5, 0.6) is 0 Å². The number of para-hydroxylation sites is 1. The quantitative estimate of drug-likeness (QED) is 0.152. The Morgan fingerprint density at radius 2 is 0.754 bits per heavy atom. The molecule has 0 bridgehead atoms.